The molecular formula is C20H38O4. The Morgan fingerprint density at radius 3 is 1.46 bits per heavy atom. The summed E-state index contributed by atoms with van der Waals surface area (Å²) in [7, 11) is 0. The lowest BCUT2D eigenvalue weighted by molar-refractivity contribution is -0.194. The van der Waals surface area contributed by atoms with E-state index < -0.39 is 16.2 Å². The quantitative estimate of drug-likeness (QED) is 0.562. The van der Waals surface area contributed by atoms with E-state index in [1.807, 2.05) is 0 Å². The fraction of sp³-hybridized carbons (Fsp3) is 0.900. The molecule has 0 aliphatic carbocycles. The maximum absolute atomic E-state index is 13.3. The zero-order valence-electron chi connectivity index (χ0n) is 17.4. The van der Waals surface area contributed by atoms with Crippen molar-refractivity contribution in [1.29, 1.82) is 0 Å². The number of ether oxygens (including phenoxy) is 2. The molecule has 142 valence electrons. The van der Waals surface area contributed by atoms with Crippen molar-refractivity contribution in [2.24, 2.45) is 28.1 Å². The predicted molar refractivity (Wildman–Crippen MR) is 97.6 cm³/mol. The average Bonchev–Trinajstić information content (AvgIpc) is 2.44. The molecule has 0 unspecified atom stereocenters. The van der Waals surface area contributed by atoms with Gasteiger partial charge in [-0.15, -0.1) is 0 Å². The third-order valence-electron chi connectivity index (χ3n) is 6.43. The smallest absolute Gasteiger partial charge is 0.313 e. The zero-order valence-corrected chi connectivity index (χ0v) is 17.4. The summed E-state index contributed by atoms with van der Waals surface area (Å²) in [5.74, 6) is -0.257. The summed E-state index contributed by atoms with van der Waals surface area (Å²) in [6, 6.07) is 0. The van der Waals surface area contributed by atoms with Crippen molar-refractivity contribution in [2.45, 2.75) is 75.7 Å². The van der Waals surface area contributed by atoms with Crippen molar-refractivity contribution in [3.8, 4) is 0 Å². The highest BCUT2D eigenvalue weighted by Crippen LogP contribution is 2.60. The molecule has 0 aliphatic heterocycles. The van der Waals surface area contributed by atoms with Gasteiger partial charge in [-0.25, -0.2) is 0 Å². The Balaban J connectivity index is 6.54. The van der Waals surface area contributed by atoms with Crippen molar-refractivity contribution in [1.82, 2.24) is 0 Å². The summed E-state index contributed by atoms with van der Waals surface area (Å²) in [5.41, 5.74) is -1.86. The Hall–Kier alpha value is -1.06. The van der Waals surface area contributed by atoms with Gasteiger partial charge in [0.05, 0.1) is 25.0 Å². The van der Waals surface area contributed by atoms with Crippen LogP contribution < -0.4 is 0 Å². The van der Waals surface area contributed by atoms with E-state index in [0.717, 1.165) is 0 Å². The average molecular weight is 343 g/mol. The summed E-state index contributed by atoms with van der Waals surface area (Å²) >= 11 is 0. The Morgan fingerprint density at radius 1 is 0.792 bits per heavy atom. The van der Waals surface area contributed by atoms with Gasteiger partial charge in [0.15, 0.2) is 0 Å². The van der Waals surface area contributed by atoms with Crippen LogP contribution in [0.2, 0.25) is 0 Å². The third-order valence-corrected chi connectivity index (χ3v) is 6.43. The fourth-order valence-corrected chi connectivity index (χ4v) is 3.55. The van der Waals surface area contributed by atoms with Crippen molar-refractivity contribution >= 4 is 11.9 Å². The van der Waals surface area contributed by atoms with Gasteiger partial charge in [-0.1, -0.05) is 55.4 Å². The van der Waals surface area contributed by atoms with E-state index in [9.17, 15) is 9.59 Å². The van der Waals surface area contributed by atoms with Crippen molar-refractivity contribution < 1.29 is 19.1 Å². The van der Waals surface area contributed by atoms with Gasteiger partial charge in [0.25, 0.3) is 0 Å². The van der Waals surface area contributed by atoms with E-state index in [1.165, 1.54) is 0 Å². The van der Waals surface area contributed by atoms with Gasteiger partial charge in [-0.05, 0) is 36.5 Å². The van der Waals surface area contributed by atoms with Crippen LogP contribution >= 0.6 is 0 Å². The first-order chi connectivity index (χ1) is 10.8. The normalized spacial score (nSPS) is 13.3. The van der Waals surface area contributed by atoms with Crippen LogP contribution in [-0.2, 0) is 19.1 Å². The van der Waals surface area contributed by atoms with Gasteiger partial charge >= 0.3 is 11.9 Å². The molecule has 0 heterocycles. The Bertz CT molecular complexity index is 413. The predicted octanol–water partition coefficient (Wildman–Crippen LogP) is 4.85. The first-order valence-corrected chi connectivity index (χ1v) is 9.15. The summed E-state index contributed by atoms with van der Waals surface area (Å²) < 4.78 is 10.7. The molecule has 0 N–H and O–H groups in total. The molecule has 0 saturated heterocycles. The first-order valence-electron chi connectivity index (χ1n) is 9.15. The first kappa shape index (κ1) is 22.9. The fourth-order valence-electron chi connectivity index (χ4n) is 3.55. The Kier molecular flexibility index (Phi) is 7.98. The maximum atomic E-state index is 13.3. The topological polar surface area (TPSA) is 52.6 Å². The Labute approximate surface area is 148 Å². The minimum absolute atomic E-state index is 0.0377. The van der Waals surface area contributed by atoms with Crippen LogP contribution in [0.5, 0.6) is 0 Å². The number of carbonyl (C=O) groups excluding carboxylic acids is 2. The van der Waals surface area contributed by atoms with E-state index in [0.29, 0.717) is 13.2 Å². The molecule has 0 radical (unpaired) electrons. The minimum Gasteiger partial charge on any atom is -0.466 e. The maximum Gasteiger partial charge on any atom is 0.313 e. The van der Waals surface area contributed by atoms with Crippen LogP contribution in [0, 0.1) is 28.1 Å². The lowest BCUT2D eigenvalue weighted by Gasteiger charge is -2.56. The SMILES string of the molecule is CCOC(=O)CC(C(=O)OCC)(C(C)(C)C(C)C)C(C)(C)C(C)C. The van der Waals surface area contributed by atoms with Crippen molar-refractivity contribution in [3.05, 3.63) is 0 Å². The molecule has 0 atom stereocenters. The molecule has 4 heteroatoms. The van der Waals surface area contributed by atoms with Gasteiger partial charge in [-0.3, -0.25) is 9.59 Å². The molecule has 0 aromatic rings. The monoisotopic (exact) mass is 342 g/mol. The van der Waals surface area contributed by atoms with Gasteiger partial charge in [0, 0.05) is 0 Å². The molecule has 24 heavy (non-hydrogen) atoms. The lowest BCUT2D eigenvalue weighted by Crippen LogP contribution is -2.59. The number of carbonyl (C=O) groups is 2. The van der Waals surface area contributed by atoms with Crippen LogP contribution in [0.15, 0.2) is 0 Å². The molecule has 0 amide bonds. The summed E-state index contributed by atoms with van der Waals surface area (Å²) in [5, 5.41) is 0. The van der Waals surface area contributed by atoms with E-state index in [4.69, 9.17) is 9.47 Å². The highest BCUT2D eigenvalue weighted by Gasteiger charge is 2.63. The molecule has 0 spiro atoms. The van der Waals surface area contributed by atoms with Crippen LogP contribution in [0.25, 0.3) is 0 Å². The molecular weight excluding hydrogens is 304 g/mol. The standard InChI is InChI=1S/C20H38O4/c1-11-23-16(21)13-20(17(22)24-12-2,18(7,8)14(3)4)19(9,10)15(5)6/h14-15H,11-13H2,1-10H3. The van der Waals surface area contributed by atoms with Gasteiger partial charge in [-0.2, -0.15) is 0 Å². The lowest BCUT2D eigenvalue weighted by atomic mass is 9.46. The zero-order chi connectivity index (χ0) is 19.3. The number of rotatable bonds is 9. The van der Waals surface area contributed by atoms with E-state index in [-0.39, 0.29) is 30.2 Å². The van der Waals surface area contributed by atoms with E-state index in [2.05, 4.69) is 55.4 Å². The summed E-state index contributed by atoms with van der Waals surface area (Å²) in [6.07, 6.45) is 0.0377. The van der Waals surface area contributed by atoms with Crippen LogP contribution in [0.4, 0.5) is 0 Å². The van der Waals surface area contributed by atoms with Crippen LogP contribution in [-0.4, -0.2) is 25.2 Å². The molecule has 0 aromatic heterocycles. The molecule has 0 fully saturated rings. The number of hydrogen-bond acceptors (Lipinski definition) is 4. The highest BCUT2D eigenvalue weighted by molar-refractivity contribution is 5.85. The number of hydrogen-bond donors (Lipinski definition) is 0. The van der Waals surface area contributed by atoms with E-state index in [1.54, 1.807) is 13.8 Å². The van der Waals surface area contributed by atoms with Crippen LogP contribution in [0.3, 0.4) is 0 Å². The molecule has 0 aromatic carbocycles. The summed E-state index contributed by atoms with van der Waals surface area (Å²) in [6.45, 7) is 20.8. The minimum atomic E-state index is -0.968. The molecule has 0 bridgehead atoms. The van der Waals surface area contributed by atoms with Gasteiger partial charge < -0.3 is 9.47 Å². The van der Waals surface area contributed by atoms with Gasteiger partial charge in [0.2, 0.25) is 0 Å². The van der Waals surface area contributed by atoms with Gasteiger partial charge in [0.1, 0.15) is 0 Å². The molecule has 4 nitrogen and oxygen atoms in total. The molecule has 0 rings (SSSR count). The number of esters is 2. The molecule has 0 saturated carbocycles. The summed E-state index contributed by atoms with van der Waals surface area (Å²) in [4.78, 5) is 25.8. The third kappa shape index (κ3) is 3.94. The second-order valence-electron chi connectivity index (χ2n) is 8.36. The van der Waals surface area contributed by atoms with E-state index >= 15 is 0 Å². The second-order valence-corrected chi connectivity index (χ2v) is 8.36. The van der Waals surface area contributed by atoms with Crippen LogP contribution in [0.1, 0.15) is 75.7 Å². The van der Waals surface area contributed by atoms with Crippen molar-refractivity contribution in [3.63, 3.8) is 0 Å². The Morgan fingerprint density at radius 2 is 1.17 bits per heavy atom. The highest BCUT2D eigenvalue weighted by atomic mass is 16.5. The largest absolute Gasteiger partial charge is 0.466 e. The molecule has 0 aliphatic rings. The van der Waals surface area contributed by atoms with Crippen molar-refractivity contribution in [2.75, 3.05) is 13.2 Å². The second kappa shape index (κ2) is 8.35.